The van der Waals surface area contributed by atoms with Crippen LogP contribution in [0.15, 0.2) is 54.6 Å². The van der Waals surface area contributed by atoms with Gasteiger partial charge in [-0.25, -0.2) is 4.79 Å². The largest absolute Gasteiger partial charge is 0.573 e. The van der Waals surface area contributed by atoms with E-state index < -0.39 is 18.1 Å². The predicted octanol–water partition coefficient (Wildman–Crippen LogP) is 4.21. The van der Waals surface area contributed by atoms with Gasteiger partial charge in [-0.05, 0) is 36.1 Å². The molecular weight excluding hydrogens is 375 g/mol. The fourth-order valence-corrected chi connectivity index (χ4v) is 3.14. The summed E-state index contributed by atoms with van der Waals surface area (Å²) in [6.07, 6.45) is -4.92. The molecule has 5 nitrogen and oxygen atoms in total. The molecule has 0 aromatic heterocycles. The van der Waals surface area contributed by atoms with Crippen LogP contribution in [0.4, 0.5) is 18.0 Å². The first-order valence-corrected chi connectivity index (χ1v) is 8.79. The Hall–Kier alpha value is -2.74. The van der Waals surface area contributed by atoms with Crippen molar-refractivity contribution in [1.82, 2.24) is 4.90 Å². The Bertz CT molecular complexity index is 803. The Labute approximate surface area is 160 Å². The number of rotatable bonds is 4. The normalized spacial score (nSPS) is 16.5. The summed E-state index contributed by atoms with van der Waals surface area (Å²) < 4.78 is 46.4. The number of halogens is 3. The quantitative estimate of drug-likeness (QED) is 0.843. The third kappa shape index (κ3) is 5.16. The van der Waals surface area contributed by atoms with Crippen molar-refractivity contribution in [2.45, 2.75) is 31.4 Å². The number of hydrogen-bond donors (Lipinski definition) is 1. The van der Waals surface area contributed by atoms with Gasteiger partial charge in [-0.3, -0.25) is 0 Å². The monoisotopic (exact) mass is 395 g/mol. The fourth-order valence-electron chi connectivity index (χ4n) is 3.14. The SMILES string of the molecule is O=C(OCc1ccccc1)N1CCC(O)(c2cccc(OC(F)(F)F)c2)CC1. The first-order chi connectivity index (χ1) is 13.3. The van der Waals surface area contributed by atoms with Crippen LogP contribution in [0.25, 0.3) is 0 Å². The summed E-state index contributed by atoms with van der Waals surface area (Å²) in [5, 5.41) is 10.9. The number of alkyl halides is 3. The molecule has 1 heterocycles. The van der Waals surface area contributed by atoms with E-state index in [0.29, 0.717) is 5.56 Å². The van der Waals surface area contributed by atoms with E-state index in [0.717, 1.165) is 5.56 Å². The zero-order chi connectivity index (χ0) is 20.2. The van der Waals surface area contributed by atoms with E-state index in [1.807, 2.05) is 30.3 Å². The van der Waals surface area contributed by atoms with Crippen molar-refractivity contribution in [3.05, 3.63) is 65.7 Å². The minimum Gasteiger partial charge on any atom is -0.445 e. The minimum absolute atomic E-state index is 0.150. The van der Waals surface area contributed by atoms with Crippen molar-refractivity contribution < 1.29 is 32.5 Å². The van der Waals surface area contributed by atoms with Crippen LogP contribution in [-0.4, -0.2) is 35.6 Å². The molecule has 150 valence electrons. The molecule has 1 N–H and O–H groups in total. The average Bonchev–Trinajstić information content (AvgIpc) is 2.66. The summed E-state index contributed by atoms with van der Waals surface area (Å²) in [4.78, 5) is 13.7. The highest BCUT2D eigenvalue weighted by molar-refractivity contribution is 5.67. The van der Waals surface area contributed by atoms with Crippen molar-refractivity contribution >= 4 is 6.09 Å². The molecule has 0 atom stereocenters. The predicted molar refractivity (Wildman–Crippen MR) is 94.5 cm³/mol. The number of nitrogens with zero attached hydrogens (tertiary/aromatic N) is 1. The van der Waals surface area contributed by atoms with Crippen LogP contribution in [0.1, 0.15) is 24.0 Å². The van der Waals surface area contributed by atoms with Gasteiger partial charge in [0, 0.05) is 13.1 Å². The standard InChI is InChI=1S/C20H20F3NO4/c21-20(22,23)28-17-8-4-7-16(13-17)19(26)9-11-24(12-10-19)18(25)27-14-15-5-2-1-3-6-15/h1-8,13,26H,9-12,14H2. The number of carbonyl (C=O) groups excluding carboxylic acids is 1. The zero-order valence-corrected chi connectivity index (χ0v) is 15.0. The third-order valence-electron chi connectivity index (χ3n) is 4.66. The molecule has 1 aliphatic rings. The Kier molecular flexibility index (Phi) is 5.79. The van der Waals surface area contributed by atoms with E-state index in [1.165, 1.54) is 23.1 Å². The number of piperidine rings is 1. The maximum atomic E-state index is 12.4. The molecule has 0 unspecified atom stereocenters. The molecule has 1 fully saturated rings. The minimum atomic E-state index is -4.80. The van der Waals surface area contributed by atoms with Crippen LogP contribution in [0.5, 0.6) is 5.75 Å². The summed E-state index contributed by atoms with van der Waals surface area (Å²) in [5.41, 5.74) is -0.140. The second-order valence-electron chi connectivity index (χ2n) is 6.63. The van der Waals surface area contributed by atoms with Crippen LogP contribution in [0.3, 0.4) is 0 Å². The molecule has 1 saturated heterocycles. The second kappa shape index (κ2) is 8.10. The van der Waals surface area contributed by atoms with Gasteiger partial charge in [0.1, 0.15) is 12.4 Å². The highest BCUT2D eigenvalue weighted by Gasteiger charge is 2.37. The van der Waals surface area contributed by atoms with Crippen LogP contribution in [0.2, 0.25) is 0 Å². The highest BCUT2D eigenvalue weighted by atomic mass is 19.4. The van der Waals surface area contributed by atoms with E-state index in [4.69, 9.17) is 4.74 Å². The van der Waals surface area contributed by atoms with Crippen LogP contribution < -0.4 is 4.74 Å². The zero-order valence-electron chi connectivity index (χ0n) is 15.0. The molecule has 3 rings (SSSR count). The first-order valence-electron chi connectivity index (χ1n) is 8.79. The smallest absolute Gasteiger partial charge is 0.445 e. The molecule has 0 spiro atoms. The van der Waals surface area contributed by atoms with E-state index >= 15 is 0 Å². The average molecular weight is 395 g/mol. The van der Waals surface area contributed by atoms with Gasteiger partial charge in [0.05, 0.1) is 5.60 Å². The summed E-state index contributed by atoms with van der Waals surface area (Å²) >= 11 is 0. The van der Waals surface area contributed by atoms with Crippen LogP contribution in [0, 0.1) is 0 Å². The lowest BCUT2D eigenvalue weighted by atomic mass is 9.84. The summed E-state index contributed by atoms with van der Waals surface area (Å²) in [6.45, 7) is 0.611. The number of benzene rings is 2. The van der Waals surface area contributed by atoms with Gasteiger partial charge in [-0.1, -0.05) is 42.5 Å². The number of aliphatic hydroxyl groups is 1. The number of hydrogen-bond acceptors (Lipinski definition) is 4. The molecule has 8 heteroatoms. The van der Waals surface area contributed by atoms with Crippen molar-refractivity contribution in [1.29, 1.82) is 0 Å². The Morgan fingerprint density at radius 1 is 1.07 bits per heavy atom. The highest BCUT2D eigenvalue weighted by Crippen LogP contribution is 2.35. The summed E-state index contributed by atoms with van der Waals surface area (Å²) in [6, 6.07) is 14.6. The molecule has 2 aromatic rings. The molecule has 0 bridgehead atoms. The van der Waals surface area contributed by atoms with E-state index in [-0.39, 0.29) is 38.3 Å². The van der Waals surface area contributed by atoms with Gasteiger partial charge >= 0.3 is 12.5 Å². The summed E-state index contributed by atoms with van der Waals surface area (Å²) in [7, 11) is 0. The Balaban J connectivity index is 1.58. The molecule has 28 heavy (non-hydrogen) atoms. The third-order valence-corrected chi connectivity index (χ3v) is 4.66. The molecule has 1 aliphatic heterocycles. The number of carbonyl (C=O) groups is 1. The number of ether oxygens (including phenoxy) is 2. The molecule has 0 saturated carbocycles. The lowest BCUT2D eigenvalue weighted by Gasteiger charge is -2.38. The van der Waals surface area contributed by atoms with Crippen LogP contribution >= 0.6 is 0 Å². The lowest BCUT2D eigenvalue weighted by molar-refractivity contribution is -0.274. The maximum Gasteiger partial charge on any atom is 0.573 e. The Morgan fingerprint density at radius 2 is 1.75 bits per heavy atom. The van der Waals surface area contributed by atoms with Crippen molar-refractivity contribution in [3.8, 4) is 5.75 Å². The van der Waals surface area contributed by atoms with Gasteiger partial charge in [0.25, 0.3) is 0 Å². The number of amides is 1. The van der Waals surface area contributed by atoms with Crippen molar-refractivity contribution in [3.63, 3.8) is 0 Å². The van der Waals surface area contributed by atoms with E-state index in [2.05, 4.69) is 4.74 Å². The first kappa shape index (κ1) is 20.0. The van der Waals surface area contributed by atoms with Crippen molar-refractivity contribution in [2.75, 3.05) is 13.1 Å². The van der Waals surface area contributed by atoms with Gasteiger partial charge in [-0.15, -0.1) is 13.2 Å². The van der Waals surface area contributed by atoms with Crippen molar-refractivity contribution in [2.24, 2.45) is 0 Å². The fraction of sp³-hybridized carbons (Fsp3) is 0.350. The van der Waals surface area contributed by atoms with Crippen LogP contribution in [-0.2, 0) is 16.9 Å². The van der Waals surface area contributed by atoms with Gasteiger partial charge in [0.2, 0.25) is 0 Å². The number of likely N-dealkylation sites (tertiary alicyclic amines) is 1. The Morgan fingerprint density at radius 3 is 2.39 bits per heavy atom. The molecule has 0 radical (unpaired) electrons. The molecule has 0 aliphatic carbocycles. The maximum absolute atomic E-state index is 12.4. The summed E-state index contributed by atoms with van der Waals surface area (Å²) in [5.74, 6) is -0.386. The topological polar surface area (TPSA) is 59.0 Å². The van der Waals surface area contributed by atoms with Gasteiger partial charge in [-0.2, -0.15) is 0 Å². The lowest BCUT2D eigenvalue weighted by Crippen LogP contribution is -2.45. The molecule has 1 amide bonds. The van der Waals surface area contributed by atoms with Gasteiger partial charge in [0.15, 0.2) is 0 Å². The molecular formula is C20H20F3NO4. The van der Waals surface area contributed by atoms with E-state index in [9.17, 15) is 23.1 Å². The van der Waals surface area contributed by atoms with E-state index in [1.54, 1.807) is 6.07 Å². The van der Waals surface area contributed by atoms with Gasteiger partial charge < -0.3 is 19.5 Å². The second-order valence-corrected chi connectivity index (χ2v) is 6.63. The molecule has 2 aromatic carbocycles.